The predicted octanol–water partition coefficient (Wildman–Crippen LogP) is 4.40. The molecule has 0 fully saturated rings. The molecule has 4 nitrogen and oxygen atoms in total. The van der Waals surface area contributed by atoms with Gasteiger partial charge in [-0.05, 0) is 26.0 Å². The quantitative estimate of drug-likeness (QED) is 0.797. The average Bonchev–Trinajstić information content (AvgIpc) is 2.80. The van der Waals surface area contributed by atoms with Crippen molar-refractivity contribution in [3.05, 3.63) is 41.8 Å². The van der Waals surface area contributed by atoms with E-state index < -0.39 is 7.60 Å². The van der Waals surface area contributed by atoms with Gasteiger partial charge in [-0.1, -0.05) is 18.2 Å². The Morgan fingerprint density at radius 1 is 1.21 bits per heavy atom. The van der Waals surface area contributed by atoms with E-state index in [-0.39, 0.29) is 0 Å². The second-order valence-electron chi connectivity index (χ2n) is 3.98. The SMILES string of the molecule is CCOP(=O)(/C=C/c1c[nH]c2ccccc12)OCC. The molecule has 0 spiro atoms. The maximum absolute atomic E-state index is 12.3. The van der Waals surface area contributed by atoms with Gasteiger partial charge >= 0.3 is 7.60 Å². The zero-order valence-electron chi connectivity index (χ0n) is 11.1. The molecule has 0 bridgehead atoms. The third kappa shape index (κ3) is 3.35. The number of fused-ring (bicyclic) bond motifs is 1. The molecular weight excluding hydrogens is 261 g/mol. The third-order valence-corrected chi connectivity index (χ3v) is 4.43. The van der Waals surface area contributed by atoms with Crippen molar-refractivity contribution in [3.8, 4) is 0 Å². The first-order chi connectivity index (χ1) is 9.18. The van der Waals surface area contributed by atoms with Crippen LogP contribution in [-0.4, -0.2) is 18.2 Å². The number of hydrogen-bond donors (Lipinski definition) is 1. The van der Waals surface area contributed by atoms with Crippen molar-refractivity contribution in [1.29, 1.82) is 0 Å². The lowest BCUT2D eigenvalue weighted by molar-refractivity contribution is 0.229. The van der Waals surface area contributed by atoms with Crippen LogP contribution in [0, 0.1) is 0 Å². The number of aromatic nitrogens is 1. The van der Waals surface area contributed by atoms with Crippen LogP contribution in [0.15, 0.2) is 36.3 Å². The maximum atomic E-state index is 12.3. The Labute approximate surface area is 113 Å². The van der Waals surface area contributed by atoms with Gasteiger partial charge in [0.15, 0.2) is 0 Å². The highest BCUT2D eigenvalue weighted by atomic mass is 31.2. The van der Waals surface area contributed by atoms with Gasteiger partial charge in [-0.25, -0.2) is 0 Å². The molecule has 0 aliphatic carbocycles. The van der Waals surface area contributed by atoms with Crippen LogP contribution in [0.25, 0.3) is 17.0 Å². The second-order valence-corrected chi connectivity index (χ2v) is 5.87. The molecule has 0 unspecified atom stereocenters. The van der Waals surface area contributed by atoms with Crippen LogP contribution in [0.4, 0.5) is 0 Å². The highest BCUT2D eigenvalue weighted by Crippen LogP contribution is 2.50. The molecule has 0 aliphatic heterocycles. The van der Waals surface area contributed by atoms with Crippen molar-refractivity contribution >= 4 is 24.6 Å². The van der Waals surface area contributed by atoms with Crippen LogP contribution in [0.3, 0.4) is 0 Å². The van der Waals surface area contributed by atoms with E-state index in [1.807, 2.05) is 30.5 Å². The fourth-order valence-corrected chi connectivity index (χ4v) is 3.20. The smallest absolute Gasteiger partial charge is 0.354 e. The Morgan fingerprint density at radius 2 is 1.89 bits per heavy atom. The predicted molar refractivity (Wildman–Crippen MR) is 78.2 cm³/mol. The summed E-state index contributed by atoms with van der Waals surface area (Å²) < 4.78 is 22.7. The van der Waals surface area contributed by atoms with E-state index in [2.05, 4.69) is 4.98 Å². The van der Waals surface area contributed by atoms with Gasteiger partial charge in [0.25, 0.3) is 0 Å². The summed E-state index contributed by atoms with van der Waals surface area (Å²) in [5.41, 5.74) is 2.01. The highest BCUT2D eigenvalue weighted by Gasteiger charge is 2.18. The van der Waals surface area contributed by atoms with Gasteiger partial charge in [0.05, 0.1) is 13.2 Å². The van der Waals surface area contributed by atoms with Crippen molar-refractivity contribution in [3.63, 3.8) is 0 Å². The Kier molecular flexibility index (Phi) is 4.59. The molecule has 0 saturated carbocycles. The Hall–Kier alpha value is -1.35. The molecule has 2 aromatic rings. The molecule has 19 heavy (non-hydrogen) atoms. The minimum atomic E-state index is -3.13. The Morgan fingerprint density at radius 3 is 2.58 bits per heavy atom. The molecule has 1 aromatic carbocycles. The van der Waals surface area contributed by atoms with E-state index in [0.29, 0.717) is 13.2 Å². The zero-order valence-corrected chi connectivity index (χ0v) is 12.0. The molecule has 1 aromatic heterocycles. The molecule has 1 heterocycles. The monoisotopic (exact) mass is 279 g/mol. The first-order valence-electron chi connectivity index (χ1n) is 6.32. The molecular formula is C14H18NO3P. The number of H-pyrrole nitrogens is 1. The van der Waals surface area contributed by atoms with Crippen LogP contribution < -0.4 is 0 Å². The van der Waals surface area contributed by atoms with E-state index >= 15 is 0 Å². The zero-order chi connectivity index (χ0) is 13.7. The average molecular weight is 279 g/mol. The summed E-state index contributed by atoms with van der Waals surface area (Å²) in [7, 11) is -3.13. The van der Waals surface area contributed by atoms with Crippen LogP contribution in [-0.2, 0) is 13.6 Å². The normalized spacial score (nSPS) is 12.5. The molecule has 0 atom stereocenters. The molecule has 1 N–H and O–H groups in total. The highest BCUT2D eigenvalue weighted by molar-refractivity contribution is 7.57. The van der Waals surface area contributed by atoms with Gasteiger partial charge in [0.1, 0.15) is 0 Å². The lowest BCUT2D eigenvalue weighted by Gasteiger charge is -2.12. The second kappa shape index (κ2) is 6.20. The first kappa shape index (κ1) is 14.1. The van der Waals surface area contributed by atoms with Crippen LogP contribution in [0.2, 0.25) is 0 Å². The summed E-state index contributed by atoms with van der Waals surface area (Å²) in [5, 5.41) is 1.08. The molecule has 0 amide bonds. The van der Waals surface area contributed by atoms with Gasteiger partial charge < -0.3 is 14.0 Å². The third-order valence-electron chi connectivity index (χ3n) is 2.68. The number of hydrogen-bond acceptors (Lipinski definition) is 3. The fraction of sp³-hybridized carbons (Fsp3) is 0.286. The summed E-state index contributed by atoms with van der Waals surface area (Å²) in [4.78, 5) is 3.17. The van der Waals surface area contributed by atoms with Crippen molar-refractivity contribution in [2.24, 2.45) is 0 Å². The van der Waals surface area contributed by atoms with Gasteiger partial charge in [0.2, 0.25) is 0 Å². The largest absolute Gasteiger partial charge is 0.361 e. The van der Waals surface area contributed by atoms with Crippen LogP contribution >= 0.6 is 7.60 Å². The Bertz CT molecular complexity index is 608. The lowest BCUT2D eigenvalue weighted by Crippen LogP contribution is -1.92. The van der Waals surface area contributed by atoms with Crippen LogP contribution in [0.5, 0.6) is 0 Å². The topological polar surface area (TPSA) is 51.3 Å². The van der Waals surface area contributed by atoms with Gasteiger partial charge in [-0.15, -0.1) is 0 Å². The van der Waals surface area contributed by atoms with E-state index in [1.165, 1.54) is 5.82 Å². The van der Waals surface area contributed by atoms with Crippen LogP contribution in [0.1, 0.15) is 19.4 Å². The summed E-state index contributed by atoms with van der Waals surface area (Å²) in [6.45, 7) is 4.31. The minimum Gasteiger partial charge on any atom is -0.361 e. The molecule has 0 saturated heterocycles. The van der Waals surface area contributed by atoms with E-state index in [9.17, 15) is 4.57 Å². The fourth-order valence-electron chi connectivity index (χ4n) is 1.89. The number of rotatable bonds is 6. The summed E-state index contributed by atoms with van der Waals surface area (Å²) in [6.07, 6.45) is 3.66. The number of aromatic amines is 1. The van der Waals surface area contributed by atoms with Crippen molar-refractivity contribution in [2.75, 3.05) is 13.2 Å². The van der Waals surface area contributed by atoms with Crippen molar-refractivity contribution < 1.29 is 13.6 Å². The Balaban J connectivity index is 2.28. The van der Waals surface area contributed by atoms with Gasteiger partial charge in [-0.2, -0.15) is 0 Å². The standard InChI is InChI=1S/C14H18NO3P/c1-3-17-19(16,18-4-2)10-9-12-11-15-14-8-6-5-7-13(12)14/h5-11,15H,3-4H2,1-2H3/b10-9+. The molecule has 0 radical (unpaired) electrons. The molecule has 102 valence electrons. The lowest BCUT2D eigenvalue weighted by atomic mass is 10.2. The number of para-hydroxylation sites is 1. The minimum absolute atomic E-state index is 0.357. The van der Waals surface area contributed by atoms with Crippen molar-refractivity contribution in [2.45, 2.75) is 13.8 Å². The number of benzene rings is 1. The van der Waals surface area contributed by atoms with Gasteiger partial charge in [0, 0.05) is 28.5 Å². The summed E-state index contributed by atoms with van der Waals surface area (Å²) in [5.74, 6) is 1.52. The first-order valence-corrected chi connectivity index (χ1v) is 7.94. The summed E-state index contributed by atoms with van der Waals surface area (Å²) in [6, 6.07) is 7.95. The van der Waals surface area contributed by atoms with Gasteiger partial charge in [-0.3, -0.25) is 4.57 Å². The van der Waals surface area contributed by atoms with Crippen molar-refractivity contribution in [1.82, 2.24) is 4.98 Å². The number of nitrogens with one attached hydrogen (secondary N) is 1. The molecule has 2 rings (SSSR count). The van der Waals surface area contributed by atoms with E-state index in [0.717, 1.165) is 16.5 Å². The summed E-state index contributed by atoms with van der Waals surface area (Å²) >= 11 is 0. The van der Waals surface area contributed by atoms with E-state index in [1.54, 1.807) is 19.9 Å². The molecule has 5 heteroatoms. The maximum Gasteiger partial charge on any atom is 0.354 e. The molecule has 0 aliphatic rings. The van der Waals surface area contributed by atoms with E-state index in [4.69, 9.17) is 9.05 Å².